The Bertz CT molecular complexity index is 336. The van der Waals surface area contributed by atoms with E-state index in [-0.39, 0.29) is 6.61 Å². The molecule has 0 radical (unpaired) electrons. The zero-order chi connectivity index (χ0) is 14.2. The third kappa shape index (κ3) is 14.7. The summed E-state index contributed by atoms with van der Waals surface area (Å²) in [5, 5.41) is 18.1. The Kier molecular flexibility index (Phi) is 13.9. The van der Waals surface area contributed by atoms with Crippen molar-refractivity contribution < 1.29 is 10.2 Å². The zero-order valence-corrected chi connectivity index (χ0v) is 12.0. The minimum Gasteiger partial charge on any atom is -0.396 e. The monoisotopic (exact) mass is 262 g/mol. The van der Waals surface area contributed by atoms with Crippen molar-refractivity contribution in [1.29, 1.82) is 0 Å². The van der Waals surface area contributed by atoms with Crippen LogP contribution < -0.4 is 0 Å². The number of allylic oxidation sites excluding steroid dienone is 1. The fraction of sp³-hybridized carbons (Fsp3) is 0.647. The first-order chi connectivity index (χ1) is 9.31. The lowest BCUT2D eigenvalue weighted by molar-refractivity contribution is 0.280. The quantitative estimate of drug-likeness (QED) is 0.381. The second-order valence-electron chi connectivity index (χ2n) is 4.47. The third-order valence-electron chi connectivity index (χ3n) is 2.62. The summed E-state index contributed by atoms with van der Waals surface area (Å²) in [6.45, 7) is 2.37. The standard InChI is InChI=1S/C17H26O2/c1-2-3-4-5-6-8-11-14-17(19)15-12-9-7-10-13-16-18/h11,14,17-19H,2-6,8,10,13,16H2,1H3/b14-11-. The molecule has 0 rings (SSSR count). The average molecular weight is 262 g/mol. The summed E-state index contributed by atoms with van der Waals surface area (Å²) in [5.74, 6) is 10.8. The minimum absolute atomic E-state index is 0.158. The smallest absolute Gasteiger partial charge is 0.134 e. The molecule has 0 aromatic heterocycles. The van der Waals surface area contributed by atoms with Gasteiger partial charge in [-0.3, -0.25) is 0 Å². The Balaban J connectivity index is 3.63. The SMILES string of the molecule is CCCCCCC/C=C\C(O)C#CC#CCCCO. The molecule has 0 fully saturated rings. The summed E-state index contributed by atoms with van der Waals surface area (Å²) in [5.41, 5.74) is 0. The van der Waals surface area contributed by atoms with Crippen molar-refractivity contribution in [2.45, 2.75) is 64.4 Å². The Hall–Kier alpha value is -1.22. The molecular formula is C17H26O2. The Labute approximate surface area is 117 Å². The summed E-state index contributed by atoms with van der Waals surface area (Å²) in [6.07, 6.45) is 11.6. The largest absolute Gasteiger partial charge is 0.396 e. The maximum absolute atomic E-state index is 9.52. The Morgan fingerprint density at radius 1 is 1.05 bits per heavy atom. The second-order valence-corrected chi connectivity index (χ2v) is 4.47. The molecule has 0 saturated heterocycles. The molecule has 2 heteroatoms. The van der Waals surface area contributed by atoms with Crippen LogP contribution in [-0.4, -0.2) is 22.9 Å². The van der Waals surface area contributed by atoms with Gasteiger partial charge in [-0.2, -0.15) is 0 Å². The van der Waals surface area contributed by atoms with Crippen LogP contribution in [0.25, 0.3) is 0 Å². The van der Waals surface area contributed by atoms with E-state index in [9.17, 15) is 5.11 Å². The normalized spacial score (nSPS) is 11.5. The molecule has 2 N–H and O–H groups in total. The number of unbranched alkanes of at least 4 members (excludes halogenated alkanes) is 6. The molecule has 19 heavy (non-hydrogen) atoms. The second kappa shape index (κ2) is 14.8. The van der Waals surface area contributed by atoms with Gasteiger partial charge in [-0.1, -0.05) is 50.5 Å². The highest BCUT2D eigenvalue weighted by molar-refractivity contribution is 5.28. The molecule has 1 unspecified atom stereocenters. The molecule has 0 aliphatic rings. The van der Waals surface area contributed by atoms with Crippen LogP contribution in [0.3, 0.4) is 0 Å². The Morgan fingerprint density at radius 3 is 2.58 bits per heavy atom. The Morgan fingerprint density at radius 2 is 1.84 bits per heavy atom. The van der Waals surface area contributed by atoms with E-state index in [4.69, 9.17) is 5.11 Å². The van der Waals surface area contributed by atoms with E-state index in [0.717, 1.165) is 6.42 Å². The van der Waals surface area contributed by atoms with Crippen LogP contribution in [0.5, 0.6) is 0 Å². The lowest BCUT2D eigenvalue weighted by Gasteiger charge is -1.96. The predicted octanol–water partition coefficient (Wildman–Crippen LogP) is 3.04. The molecule has 1 atom stereocenters. The molecule has 0 saturated carbocycles. The first-order valence-electron chi connectivity index (χ1n) is 7.25. The topological polar surface area (TPSA) is 40.5 Å². The summed E-state index contributed by atoms with van der Waals surface area (Å²) in [7, 11) is 0. The predicted molar refractivity (Wildman–Crippen MR) is 80.4 cm³/mol. The van der Waals surface area contributed by atoms with Gasteiger partial charge >= 0.3 is 0 Å². The number of aliphatic hydroxyl groups excluding tert-OH is 2. The van der Waals surface area contributed by atoms with Gasteiger partial charge in [0.2, 0.25) is 0 Å². The maximum atomic E-state index is 9.52. The van der Waals surface area contributed by atoms with E-state index < -0.39 is 6.10 Å². The maximum Gasteiger partial charge on any atom is 0.134 e. The summed E-state index contributed by atoms with van der Waals surface area (Å²) >= 11 is 0. The molecule has 0 aromatic rings. The van der Waals surface area contributed by atoms with Gasteiger partial charge in [-0.15, -0.1) is 0 Å². The van der Waals surface area contributed by atoms with Crippen LogP contribution in [0, 0.1) is 23.7 Å². The number of rotatable bonds is 9. The molecule has 0 spiro atoms. The van der Waals surface area contributed by atoms with Crippen molar-refractivity contribution in [1.82, 2.24) is 0 Å². The van der Waals surface area contributed by atoms with E-state index >= 15 is 0 Å². The van der Waals surface area contributed by atoms with Crippen molar-refractivity contribution in [3.8, 4) is 23.7 Å². The molecule has 106 valence electrons. The summed E-state index contributed by atoms with van der Waals surface area (Å²) in [6, 6.07) is 0. The summed E-state index contributed by atoms with van der Waals surface area (Å²) in [4.78, 5) is 0. The first-order valence-corrected chi connectivity index (χ1v) is 7.25. The van der Waals surface area contributed by atoms with Gasteiger partial charge in [0, 0.05) is 13.0 Å². The highest BCUT2D eigenvalue weighted by atomic mass is 16.3. The molecule has 0 aliphatic carbocycles. The number of hydrogen-bond acceptors (Lipinski definition) is 2. The lowest BCUT2D eigenvalue weighted by atomic mass is 10.1. The molecule has 0 aliphatic heterocycles. The van der Waals surface area contributed by atoms with Gasteiger partial charge in [0.1, 0.15) is 6.10 Å². The third-order valence-corrected chi connectivity index (χ3v) is 2.62. The van der Waals surface area contributed by atoms with Crippen molar-refractivity contribution in [2.75, 3.05) is 6.61 Å². The van der Waals surface area contributed by atoms with Gasteiger partial charge in [-0.25, -0.2) is 0 Å². The molecule has 0 heterocycles. The number of aliphatic hydroxyl groups is 2. The van der Waals surface area contributed by atoms with E-state index in [1.54, 1.807) is 6.08 Å². The van der Waals surface area contributed by atoms with Crippen LogP contribution in [0.1, 0.15) is 58.3 Å². The molecule has 0 aromatic carbocycles. The van der Waals surface area contributed by atoms with Gasteiger partial charge in [0.05, 0.1) is 0 Å². The lowest BCUT2D eigenvalue weighted by Crippen LogP contribution is -1.96. The van der Waals surface area contributed by atoms with Crippen LogP contribution in [0.2, 0.25) is 0 Å². The molecular weight excluding hydrogens is 236 g/mol. The molecule has 2 nitrogen and oxygen atoms in total. The van der Waals surface area contributed by atoms with Crippen molar-refractivity contribution in [3.05, 3.63) is 12.2 Å². The summed E-state index contributed by atoms with van der Waals surface area (Å²) < 4.78 is 0. The minimum atomic E-state index is -0.720. The van der Waals surface area contributed by atoms with Gasteiger partial charge in [0.25, 0.3) is 0 Å². The van der Waals surface area contributed by atoms with E-state index in [2.05, 4.69) is 30.6 Å². The highest BCUT2D eigenvalue weighted by Crippen LogP contribution is 2.05. The number of hydrogen-bond donors (Lipinski definition) is 2. The highest BCUT2D eigenvalue weighted by Gasteiger charge is 1.90. The van der Waals surface area contributed by atoms with Crippen molar-refractivity contribution >= 4 is 0 Å². The van der Waals surface area contributed by atoms with E-state index in [1.165, 1.54) is 32.1 Å². The van der Waals surface area contributed by atoms with Gasteiger partial charge < -0.3 is 10.2 Å². The van der Waals surface area contributed by atoms with Crippen LogP contribution in [0.15, 0.2) is 12.2 Å². The first kappa shape index (κ1) is 17.8. The zero-order valence-electron chi connectivity index (χ0n) is 12.0. The average Bonchev–Trinajstić information content (AvgIpc) is 2.41. The van der Waals surface area contributed by atoms with E-state index in [1.807, 2.05) is 6.08 Å². The molecule has 0 amide bonds. The van der Waals surface area contributed by atoms with Gasteiger partial charge in [0.15, 0.2) is 0 Å². The van der Waals surface area contributed by atoms with Crippen molar-refractivity contribution in [2.24, 2.45) is 0 Å². The van der Waals surface area contributed by atoms with Crippen molar-refractivity contribution in [3.63, 3.8) is 0 Å². The van der Waals surface area contributed by atoms with Crippen LogP contribution in [0.4, 0.5) is 0 Å². The van der Waals surface area contributed by atoms with Crippen LogP contribution in [-0.2, 0) is 0 Å². The fourth-order valence-corrected chi connectivity index (χ4v) is 1.52. The van der Waals surface area contributed by atoms with Gasteiger partial charge in [-0.05, 0) is 37.2 Å². The van der Waals surface area contributed by atoms with E-state index in [0.29, 0.717) is 12.8 Å². The van der Waals surface area contributed by atoms with Crippen LogP contribution >= 0.6 is 0 Å². The molecule has 0 bridgehead atoms. The fourth-order valence-electron chi connectivity index (χ4n) is 1.52.